The molecule has 0 unspecified atom stereocenters. The van der Waals surface area contributed by atoms with E-state index in [1.807, 2.05) is 19.9 Å². The average Bonchev–Trinajstić information content (AvgIpc) is 2.36. The van der Waals surface area contributed by atoms with Crippen molar-refractivity contribution in [2.75, 3.05) is 0 Å². The van der Waals surface area contributed by atoms with Gasteiger partial charge in [0.15, 0.2) is 11.9 Å². The molecular formula is C17H27Cl2N5. The summed E-state index contributed by atoms with van der Waals surface area (Å²) in [6.45, 7) is 10.9. The van der Waals surface area contributed by atoms with Crippen LogP contribution in [0.4, 0.5) is 0 Å². The van der Waals surface area contributed by atoms with E-state index < -0.39 is 0 Å². The Kier molecular flexibility index (Phi) is 6.93. The third-order valence-corrected chi connectivity index (χ3v) is 3.80. The summed E-state index contributed by atoms with van der Waals surface area (Å²) in [4.78, 5) is 8.73. The third-order valence-electron chi connectivity index (χ3n) is 3.06. The van der Waals surface area contributed by atoms with Crippen molar-refractivity contribution in [3.8, 4) is 0 Å². The zero-order chi connectivity index (χ0) is 18.5. The molecule has 0 fully saturated rings. The van der Waals surface area contributed by atoms with E-state index in [-0.39, 0.29) is 22.9 Å². The van der Waals surface area contributed by atoms with E-state index in [9.17, 15) is 0 Å². The maximum Gasteiger partial charge on any atom is 0.195 e. The monoisotopic (exact) mass is 371 g/mol. The van der Waals surface area contributed by atoms with Gasteiger partial charge in [-0.15, -0.1) is 0 Å². The molecule has 0 saturated heterocycles. The number of benzene rings is 1. The summed E-state index contributed by atoms with van der Waals surface area (Å²) < 4.78 is 0. The Morgan fingerprint density at radius 2 is 1.67 bits per heavy atom. The molecule has 7 heteroatoms. The van der Waals surface area contributed by atoms with Gasteiger partial charge in [0.25, 0.3) is 0 Å². The minimum atomic E-state index is -0.292. The molecule has 5 nitrogen and oxygen atoms in total. The molecule has 0 atom stereocenters. The Balaban J connectivity index is 2.69. The fourth-order valence-corrected chi connectivity index (χ4v) is 3.00. The predicted octanol–water partition coefficient (Wildman–Crippen LogP) is 3.93. The van der Waals surface area contributed by atoms with E-state index >= 15 is 0 Å². The van der Waals surface area contributed by atoms with Crippen LogP contribution in [0.5, 0.6) is 0 Å². The van der Waals surface area contributed by atoms with Crippen LogP contribution >= 0.6 is 23.2 Å². The van der Waals surface area contributed by atoms with Gasteiger partial charge in [-0.3, -0.25) is 5.32 Å². The predicted molar refractivity (Wildman–Crippen MR) is 105 cm³/mol. The lowest BCUT2D eigenvalue weighted by molar-refractivity contribution is 0.288. The molecule has 0 radical (unpaired) electrons. The highest BCUT2D eigenvalue weighted by Crippen LogP contribution is 2.29. The molecular weight excluding hydrogens is 345 g/mol. The van der Waals surface area contributed by atoms with Gasteiger partial charge in [0.2, 0.25) is 0 Å². The highest BCUT2D eigenvalue weighted by atomic mass is 35.5. The first-order valence-electron chi connectivity index (χ1n) is 7.74. The molecule has 0 aliphatic carbocycles. The van der Waals surface area contributed by atoms with Crippen LogP contribution in [0, 0.1) is 5.41 Å². The summed E-state index contributed by atoms with van der Waals surface area (Å²) in [6, 6.07) is 5.32. The van der Waals surface area contributed by atoms with Crippen LogP contribution in [-0.2, 0) is 6.54 Å². The number of hydrogen-bond acceptors (Lipinski definition) is 2. The molecule has 0 bridgehead atoms. The Morgan fingerprint density at radius 3 is 2.21 bits per heavy atom. The van der Waals surface area contributed by atoms with Crippen LogP contribution in [0.15, 0.2) is 28.2 Å². The fourth-order valence-electron chi connectivity index (χ4n) is 2.68. The zero-order valence-corrected chi connectivity index (χ0v) is 16.5. The van der Waals surface area contributed by atoms with Crippen LogP contribution < -0.4 is 16.8 Å². The SMILES string of the molecule is CC(C)(C)CC(C)(C)N=C(N)NC(N)=NCc1ccc(Cl)c(Cl)c1. The van der Waals surface area contributed by atoms with Gasteiger partial charge < -0.3 is 11.5 Å². The van der Waals surface area contributed by atoms with Gasteiger partial charge in [-0.2, -0.15) is 0 Å². The number of guanidine groups is 2. The smallest absolute Gasteiger partial charge is 0.195 e. The Bertz CT molecular complexity index is 630. The first kappa shape index (κ1) is 20.6. The van der Waals surface area contributed by atoms with E-state index in [2.05, 4.69) is 36.1 Å². The molecule has 0 amide bonds. The first-order chi connectivity index (χ1) is 10.9. The van der Waals surface area contributed by atoms with Crippen molar-refractivity contribution in [3.05, 3.63) is 33.8 Å². The van der Waals surface area contributed by atoms with Crippen molar-refractivity contribution in [2.24, 2.45) is 26.9 Å². The van der Waals surface area contributed by atoms with Crippen molar-refractivity contribution >= 4 is 35.1 Å². The summed E-state index contributed by atoms with van der Waals surface area (Å²) >= 11 is 11.9. The summed E-state index contributed by atoms with van der Waals surface area (Å²) in [7, 11) is 0. The van der Waals surface area contributed by atoms with Crippen molar-refractivity contribution in [3.63, 3.8) is 0 Å². The molecule has 0 aromatic heterocycles. The quantitative estimate of drug-likeness (QED) is 0.553. The average molecular weight is 372 g/mol. The number of rotatable bonds is 4. The molecule has 1 aromatic carbocycles. The molecule has 0 aliphatic rings. The van der Waals surface area contributed by atoms with Crippen molar-refractivity contribution in [1.82, 2.24) is 5.32 Å². The van der Waals surface area contributed by atoms with E-state index in [4.69, 9.17) is 34.7 Å². The van der Waals surface area contributed by atoms with Crippen molar-refractivity contribution < 1.29 is 0 Å². The second-order valence-electron chi connectivity index (χ2n) is 7.62. The molecule has 5 N–H and O–H groups in total. The van der Waals surface area contributed by atoms with E-state index in [0.29, 0.717) is 16.6 Å². The highest BCUT2D eigenvalue weighted by molar-refractivity contribution is 6.42. The number of aliphatic imine (C=N–C) groups is 2. The number of nitrogens with zero attached hydrogens (tertiary/aromatic N) is 2. The topological polar surface area (TPSA) is 88.8 Å². The normalized spacial score (nSPS) is 14.0. The van der Waals surface area contributed by atoms with Gasteiger partial charge in [-0.25, -0.2) is 9.98 Å². The number of hydrogen-bond donors (Lipinski definition) is 3. The summed E-state index contributed by atoms with van der Waals surface area (Å²) in [5.41, 5.74) is 12.5. The Morgan fingerprint density at radius 1 is 1.04 bits per heavy atom. The van der Waals surface area contributed by atoms with Gasteiger partial charge in [0, 0.05) is 0 Å². The maximum absolute atomic E-state index is 5.97. The fraction of sp³-hybridized carbons (Fsp3) is 0.529. The standard InChI is InChI=1S/C17H27Cl2N5/c1-16(2,3)10-17(4,5)24-15(21)23-14(20)22-9-11-6-7-12(18)13(19)8-11/h6-8H,9-10H2,1-5H3,(H5,20,21,22,23,24). The molecule has 1 rings (SSSR count). The van der Waals surface area contributed by atoms with Gasteiger partial charge >= 0.3 is 0 Å². The molecule has 134 valence electrons. The second kappa shape index (κ2) is 8.08. The largest absolute Gasteiger partial charge is 0.370 e. The zero-order valence-electron chi connectivity index (χ0n) is 15.0. The molecule has 0 aliphatic heterocycles. The van der Waals surface area contributed by atoms with Crippen molar-refractivity contribution in [1.29, 1.82) is 0 Å². The summed E-state index contributed by atoms with van der Waals surface area (Å²) in [5.74, 6) is 0.452. The maximum atomic E-state index is 5.97. The number of nitrogens with two attached hydrogens (primary N) is 2. The van der Waals surface area contributed by atoms with Crippen LogP contribution in [0.25, 0.3) is 0 Å². The number of halogens is 2. The minimum Gasteiger partial charge on any atom is -0.370 e. The number of nitrogens with one attached hydrogen (secondary N) is 1. The van der Waals surface area contributed by atoms with Gasteiger partial charge in [0.1, 0.15) is 0 Å². The second-order valence-corrected chi connectivity index (χ2v) is 8.44. The summed E-state index contributed by atoms with van der Waals surface area (Å²) in [6.07, 6.45) is 0.892. The lowest BCUT2D eigenvalue weighted by Crippen LogP contribution is -2.43. The molecule has 0 heterocycles. The summed E-state index contributed by atoms with van der Waals surface area (Å²) in [5, 5.41) is 3.81. The molecule has 24 heavy (non-hydrogen) atoms. The van der Waals surface area contributed by atoms with Crippen LogP contribution in [0.2, 0.25) is 10.0 Å². The van der Waals surface area contributed by atoms with Crippen LogP contribution in [0.1, 0.15) is 46.6 Å². The van der Waals surface area contributed by atoms with Gasteiger partial charge in [0.05, 0.1) is 22.1 Å². The highest BCUT2D eigenvalue weighted by Gasteiger charge is 2.25. The molecule has 0 spiro atoms. The van der Waals surface area contributed by atoms with E-state index in [1.54, 1.807) is 12.1 Å². The Labute approximate surface area is 154 Å². The van der Waals surface area contributed by atoms with Crippen LogP contribution in [-0.4, -0.2) is 17.5 Å². The third kappa shape index (κ3) is 7.88. The van der Waals surface area contributed by atoms with Gasteiger partial charge in [-0.05, 0) is 43.4 Å². The van der Waals surface area contributed by atoms with Crippen LogP contribution in [0.3, 0.4) is 0 Å². The molecule has 1 aromatic rings. The Hall–Kier alpha value is -1.46. The van der Waals surface area contributed by atoms with Crippen molar-refractivity contribution in [2.45, 2.75) is 53.1 Å². The minimum absolute atomic E-state index is 0.154. The lowest BCUT2D eigenvalue weighted by Gasteiger charge is -2.29. The first-order valence-corrected chi connectivity index (χ1v) is 8.50. The molecule has 0 saturated carbocycles. The van der Waals surface area contributed by atoms with E-state index in [1.165, 1.54) is 0 Å². The van der Waals surface area contributed by atoms with Gasteiger partial charge in [-0.1, -0.05) is 50.0 Å². The lowest BCUT2D eigenvalue weighted by atomic mass is 9.82. The van der Waals surface area contributed by atoms with E-state index in [0.717, 1.165) is 12.0 Å².